The van der Waals surface area contributed by atoms with Crippen molar-refractivity contribution in [1.82, 2.24) is 9.88 Å². The minimum Gasteiger partial charge on any atom is -0.372 e. The van der Waals surface area contributed by atoms with Gasteiger partial charge in [-0.2, -0.15) is 0 Å². The predicted molar refractivity (Wildman–Crippen MR) is 87.3 cm³/mol. The van der Waals surface area contributed by atoms with Gasteiger partial charge in [0.05, 0.1) is 10.0 Å². The molecule has 0 amide bonds. The zero-order valence-corrected chi connectivity index (χ0v) is 14.0. The highest BCUT2D eigenvalue weighted by atomic mass is 35.5. The van der Waals surface area contributed by atoms with E-state index < -0.39 is 0 Å². The van der Waals surface area contributed by atoms with Crippen LogP contribution < -0.4 is 10.2 Å². The van der Waals surface area contributed by atoms with Gasteiger partial charge in [0.25, 0.3) is 0 Å². The Morgan fingerprint density at radius 3 is 2.35 bits per heavy atom. The molecule has 0 aliphatic heterocycles. The first-order valence-corrected chi connectivity index (χ1v) is 7.57. The van der Waals surface area contributed by atoms with Crippen LogP contribution in [0.4, 0.5) is 11.6 Å². The normalized spacial score (nSPS) is 16.9. The molecule has 20 heavy (non-hydrogen) atoms. The molecule has 0 unspecified atom stereocenters. The van der Waals surface area contributed by atoms with Gasteiger partial charge in [-0.05, 0) is 39.4 Å². The zero-order chi connectivity index (χ0) is 14.9. The maximum absolute atomic E-state index is 6.29. The summed E-state index contributed by atoms with van der Waals surface area (Å²) in [6.07, 6.45) is 3.72. The van der Waals surface area contributed by atoms with Gasteiger partial charge in [0.2, 0.25) is 0 Å². The van der Waals surface area contributed by atoms with Gasteiger partial charge in [0.1, 0.15) is 11.6 Å². The van der Waals surface area contributed by atoms with Gasteiger partial charge in [-0.25, -0.2) is 4.98 Å². The van der Waals surface area contributed by atoms with Crippen molar-refractivity contribution in [3.05, 3.63) is 16.1 Å². The number of rotatable bonds is 5. The third kappa shape index (κ3) is 2.83. The average molecular weight is 317 g/mol. The summed E-state index contributed by atoms with van der Waals surface area (Å²) in [5.41, 5.74) is 0.235. The van der Waals surface area contributed by atoms with Crippen LogP contribution in [-0.4, -0.2) is 50.2 Å². The second-order valence-corrected chi connectivity index (χ2v) is 6.52. The van der Waals surface area contributed by atoms with Crippen molar-refractivity contribution in [3.8, 4) is 0 Å². The summed E-state index contributed by atoms with van der Waals surface area (Å²) in [6.45, 7) is 0.914. The van der Waals surface area contributed by atoms with E-state index in [9.17, 15) is 0 Å². The van der Waals surface area contributed by atoms with E-state index in [2.05, 4.69) is 34.2 Å². The van der Waals surface area contributed by atoms with Gasteiger partial charge < -0.3 is 15.1 Å². The summed E-state index contributed by atoms with van der Waals surface area (Å²) in [7, 11) is 8.12. The van der Waals surface area contributed by atoms with Crippen LogP contribution in [0.2, 0.25) is 10.0 Å². The molecule has 0 spiro atoms. The molecule has 1 heterocycles. The number of pyridine rings is 1. The second-order valence-electron chi connectivity index (χ2n) is 5.70. The number of hydrogen-bond acceptors (Lipinski definition) is 4. The van der Waals surface area contributed by atoms with Crippen LogP contribution >= 0.6 is 23.2 Å². The van der Waals surface area contributed by atoms with Crippen LogP contribution in [0.3, 0.4) is 0 Å². The molecule has 1 aliphatic carbocycles. The van der Waals surface area contributed by atoms with Crippen LogP contribution in [0.1, 0.15) is 19.3 Å². The minimum absolute atomic E-state index is 0.235. The Morgan fingerprint density at radius 1 is 1.25 bits per heavy atom. The molecule has 1 N–H and O–H groups in total. The van der Waals surface area contributed by atoms with Crippen LogP contribution in [0.5, 0.6) is 0 Å². The summed E-state index contributed by atoms with van der Waals surface area (Å²) in [4.78, 5) is 8.96. The van der Waals surface area contributed by atoms with E-state index in [0.29, 0.717) is 15.9 Å². The summed E-state index contributed by atoms with van der Waals surface area (Å²) >= 11 is 12.4. The fraction of sp³-hybridized carbons (Fsp3) is 0.643. The molecule has 1 saturated carbocycles. The van der Waals surface area contributed by atoms with Crippen molar-refractivity contribution in [2.75, 3.05) is 45.0 Å². The van der Waals surface area contributed by atoms with Gasteiger partial charge in [-0.15, -0.1) is 0 Å². The van der Waals surface area contributed by atoms with Crippen LogP contribution in [0.25, 0.3) is 0 Å². The first-order valence-electron chi connectivity index (χ1n) is 6.82. The zero-order valence-electron chi connectivity index (χ0n) is 12.5. The number of likely N-dealkylation sites (N-methyl/N-ethyl adjacent to an activating group) is 2. The monoisotopic (exact) mass is 316 g/mol. The number of anilines is 2. The third-order valence-electron chi connectivity index (χ3n) is 4.27. The van der Waals surface area contributed by atoms with Crippen LogP contribution in [0.15, 0.2) is 6.07 Å². The molecular formula is C14H22Cl2N4. The standard InChI is InChI=1S/C14H22Cl2N4/c1-17-12-10(15)8-11(16)13(18-12)20(4)9-14(19(2)3)6-5-7-14/h8H,5-7,9H2,1-4H3,(H,17,18). The lowest BCUT2D eigenvalue weighted by Gasteiger charge is -2.49. The van der Waals surface area contributed by atoms with Crippen molar-refractivity contribution >= 4 is 34.8 Å². The molecule has 0 radical (unpaired) electrons. The smallest absolute Gasteiger partial charge is 0.149 e. The molecule has 1 aromatic heterocycles. The lowest BCUT2D eigenvalue weighted by molar-refractivity contribution is 0.0682. The minimum atomic E-state index is 0.235. The summed E-state index contributed by atoms with van der Waals surface area (Å²) < 4.78 is 0. The fourth-order valence-corrected chi connectivity index (χ4v) is 3.35. The van der Waals surface area contributed by atoms with Crippen molar-refractivity contribution in [3.63, 3.8) is 0 Å². The van der Waals surface area contributed by atoms with E-state index in [4.69, 9.17) is 23.2 Å². The Hall–Kier alpha value is -0.710. The number of nitrogens with one attached hydrogen (secondary N) is 1. The quantitative estimate of drug-likeness (QED) is 0.902. The predicted octanol–water partition coefficient (Wildman–Crippen LogP) is 3.35. The number of hydrogen-bond donors (Lipinski definition) is 1. The van der Waals surface area contributed by atoms with Crippen molar-refractivity contribution in [2.45, 2.75) is 24.8 Å². The Balaban J connectivity index is 2.23. The molecule has 1 aliphatic rings. The summed E-state index contributed by atoms with van der Waals surface area (Å²) in [5, 5.41) is 4.12. The summed E-state index contributed by atoms with van der Waals surface area (Å²) in [5.74, 6) is 1.43. The largest absolute Gasteiger partial charge is 0.372 e. The highest BCUT2D eigenvalue weighted by Gasteiger charge is 2.40. The average Bonchev–Trinajstić information content (AvgIpc) is 2.33. The molecule has 4 nitrogen and oxygen atoms in total. The molecule has 0 saturated heterocycles. The van der Waals surface area contributed by atoms with E-state index in [0.717, 1.165) is 12.4 Å². The fourth-order valence-electron chi connectivity index (χ4n) is 2.75. The van der Waals surface area contributed by atoms with E-state index in [1.165, 1.54) is 19.3 Å². The molecule has 1 fully saturated rings. The lowest BCUT2D eigenvalue weighted by atomic mass is 9.75. The number of nitrogens with zero attached hydrogens (tertiary/aromatic N) is 3. The maximum Gasteiger partial charge on any atom is 0.149 e. The lowest BCUT2D eigenvalue weighted by Crippen LogP contribution is -2.56. The molecule has 1 aromatic rings. The molecule has 0 aromatic carbocycles. The van der Waals surface area contributed by atoms with E-state index >= 15 is 0 Å². The third-order valence-corrected chi connectivity index (χ3v) is 4.84. The molecule has 0 bridgehead atoms. The topological polar surface area (TPSA) is 31.4 Å². The molecular weight excluding hydrogens is 295 g/mol. The van der Waals surface area contributed by atoms with Gasteiger partial charge in [0, 0.05) is 26.2 Å². The van der Waals surface area contributed by atoms with Crippen LogP contribution in [-0.2, 0) is 0 Å². The first kappa shape index (κ1) is 15.7. The Morgan fingerprint density at radius 2 is 1.90 bits per heavy atom. The van der Waals surface area contributed by atoms with Gasteiger partial charge in [0.15, 0.2) is 0 Å². The Bertz CT molecular complexity index is 486. The van der Waals surface area contributed by atoms with E-state index in [1.807, 2.05) is 7.05 Å². The van der Waals surface area contributed by atoms with E-state index in [-0.39, 0.29) is 5.54 Å². The van der Waals surface area contributed by atoms with Gasteiger partial charge in [-0.3, -0.25) is 0 Å². The number of halogens is 2. The molecule has 112 valence electrons. The highest BCUT2D eigenvalue weighted by molar-refractivity contribution is 6.37. The summed E-state index contributed by atoms with van der Waals surface area (Å²) in [6, 6.07) is 1.75. The van der Waals surface area contributed by atoms with E-state index in [1.54, 1.807) is 13.1 Å². The Labute approximate surface area is 131 Å². The van der Waals surface area contributed by atoms with Crippen molar-refractivity contribution < 1.29 is 0 Å². The maximum atomic E-state index is 6.29. The Kier molecular flexibility index (Phi) is 4.67. The molecule has 6 heteroatoms. The van der Waals surface area contributed by atoms with Crippen LogP contribution in [0, 0.1) is 0 Å². The SMILES string of the molecule is CNc1nc(N(C)CC2(N(C)C)CCC2)c(Cl)cc1Cl. The van der Waals surface area contributed by atoms with Crippen molar-refractivity contribution in [2.24, 2.45) is 0 Å². The van der Waals surface area contributed by atoms with Crippen molar-refractivity contribution in [1.29, 1.82) is 0 Å². The van der Waals surface area contributed by atoms with Gasteiger partial charge in [-0.1, -0.05) is 23.2 Å². The second kappa shape index (κ2) is 5.96. The molecule has 0 atom stereocenters. The number of aromatic nitrogens is 1. The highest BCUT2D eigenvalue weighted by Crippen LogP contribution is 2.38. The van der Waals surface area contributed by atoms with Gasteiger partial charge >= 0.3 is 0 Å². The first-order chi connectivity index (χ1) is 9.39. The molecule has 2 rings (SSSR count).